The normalized spacial score (nSPS) is 13.5. The molecule has 1 aromatic carbocycles. The van der Waals surface area contributed by atoms with Gasteiger partial charge in [0, 0.05) is 0 Å². The largest absolute Gasteiger partial charge is 0.481 e. The van der Waals surface area contributed by atoms with Gasteiger partial charge in [-0.05, 0) is 24.6 Å². The Morgan fingerprint density at radius 1 is 1.27 bits per heavy atom. The highest BCUT2D eigenvalue weighted by atomic mass is 31.2. The van der Waals surface area contributed by atoms with Gasteiger partial charge in [0.25, 0.3) is 0 Å². The summed E-state index contributed by atoms with van der Waals surface area (Å²) in [5.41, 5.74) is 0.514. The Labute approximate surface area is 86.5 Å². The van der Waals surface area contributed by atoms with Crippen LogP contribution < -0.4 is 5.30 Å². The van der Waals surface area contributed by atoms with Gasteiger partial charge in [0.1, 0.15) is 0 Å². The van der Waals surface area contributed by atoms with E-state index in [1.807, 2.05) is 0 Å². The lowest BCUT2D eigenvalue weighted by molar-refractivity contribution is -0.138. The monoisotopic (exact) mass is 230 g/mol. The molecule has 0 unspecified atom stereocenters. The molecule has 0 heterocycles. The number of benzene rings is 1. The minimum atomic E-state index is -4.24. The zero-order valence-corrected chi connectivity index (χ0v) is 8.89. The van der Waals surface area contributed by atoms with E-state index in [4.69, 9.17) is 14.9 Å². The third kappa shape index (κ3) is 2.89. The van der Waals surface area contributed by atoms with E-state index in [9.17, 15) is 9.36 Å². The number of carboxylic acids is 1. The van der Waals surface area contributed by atoms with Gasteiger partial charge in [0.2, 0.25) is 0 Å². The molecule has 0 fully saturated rings. The van der Waals surface area contributed by atoms with Crippen LogP contribution >= 0.6 is 7.60 Å². The van der Waals surface area contributed by atoms with E-state index in [-0.39, 0.29) is 5.30 Å². The first-order chi connectivity index (χ1) is 6.82. The SMILES string of the molecule is C[C@H](C(=O)O)c1ccc(P(=O)(O)O)cc1. The highest BCUT2D eigenvalue weighted by molar-refractivity contribution is 7.60. The Morgan fingerprint density at radius 2 is 1.73 bits per heavy atom. The summed E-state index contributed by atoms with van der Waals surface area (Å²) in [6, 6.07) is 5.31. The summed E-state index contributed by atoms with van der Waals surface area (Å²) in [6.07, 6.45) is 0. The molecule has 0 radical (unpaired) electrons. The molecule has 6 heteroatoms. The molecule has 0 aliphatic carbocycles. The van der Waals surface area contributed by atoms with Gasteiger partial charge >= 0.3 is 13.6 Å². The van der Waals surface area contributed by atoms with Gasteiger partial charge in [0.05, 0.1) is 11.2 Å². The summed E-state index contributed by atoms with van der Waals surface area (Å²) in [6.45, 7) is 1.51. The highest BCUT2D eigenvalue weighted by Crippen LogP contribution is 2.33. The third-order valence-corrected chi connectivity index (χ3v) is 3.07. The molecule has 3 N–H and O–H groups in total. The average Bonchev–Trinajstić information content (AvgIpc) is 2.15. The quantitative estimate of drug-likeness (QED) is 0.663. The second-order valence-electron chi connectivity index (χ2n) is 3.20. The van der Waals surface area contributed by atoms with Crippen LogP contribution in [0, 0.1) is 0 Å². The standard InChI is InChI=1S/C9H11O5P/c1-6(9(10)11)7-2-4-8(5-3-7)15(12,13)14/h2-6H,1H3,(H,10,11)(H2,12,13,14)/t6-/m0/s1. The van der Waals surface area contributed by atoms with E-state index in [0.29, 0.717) is 5.56 Å². The molecule has 0 aromatic heterocycles. The van der Waals surface area contributed by atoms with Crippen LogP contribution in [0.25, 0.3) is 0 Å². The Bertz CT molecular complexity index is 405. The smallest absolute Gasteiger partial charge is 0.356 e. The zero-order valence-electron chi connectivity index (χ0n) is 7.99. The second kappa shape index (κ2) is 4.14. The molecule has 0 amide bonds. The fourth-order valence-electron chi connectivity index (χ4n) is 1.10. The lowest BCUT2D eigenvalue weighted by atomic mass is 10.0. The van der Waals surface area contributed by atoms with E-state index < -0.39 is 19.5 Å². The van der Waals surface area contributed by atoms with E-state index in [2.05, 4.69) is 0 Å². The number of carboxylic acid groups (broad SMARTS) is 1. The molecular weight excluding hydrogens is 219 g/mol. The van der Waals surface area contributed by atoms with Crippen molar-refractivity contribution in [2.45, 2.75) is 12.8 Å². The number of rotatable bonds is 3. The molecule has 0 aliphatic rings. The molecule has 0 saturated heterocycles. The van der Waals surface area contributed by atoms with Gasteiger partial charge in [-0.1, -0.05) is 12.1 Å². The molecule has 0 bridgehead atoms. The summed E-state index contributed by atoms with van der Waals surface area (Å²) in [5.74, 6) is -1.66. The maximum atomic E-state index is 10.8. The van der Waals surface area contributed by atoms with Crippen molar-refractivity contribution in [2.24, 2.45) is 0 Å². The van der Waals surface area contributed by atoms with Gasteiger partial charge in [-0.2, -0.15) is 0 Å². The van der Waals surface area contributed by atoms with Gasteiger partial charge in [0.15, 0.2) is 0 Å². The molecular formula is C9H11O5P. The van der Waals surface area contributed by atoms with Crippen molar-refractivity contribution in [3.63, 3.8) is 0 Å². The zero-order chi connectivity index (χ0) is 11.6. The summed E-state index contributed by atoms with van der Waals surface area (Å²) in [7, 11) is -4.24. The van der Waals surface area contributed by atoms with Gasteiger partial charge in [-0.3, -0.25) is 9.36 Å². The minimum absolute atomic E-state index is 0.108. The van der Waals surface area contributed by atoms with Crippen molar-refractivity contribution < 1.29 is 24.3 Å². The van der Waals surface area contributed by atoms with Crippen molar-refractivity contribution in [3.8, 4) is 0 Å². The maximum absolute atomic E-state index is 10.8. The van der Waals surface area contributed by atoms with Crippen LogP contribution in [0.4, 0.5) is 0 Å². The average molecular weight is 230 g/mol. The molecule has 1 rings (SSSR count). The van der Waals surface area contributed by atoms with Crippen LogP contribution in [0.5, 0.6) is 0 Å². The van der Waals surface area contributed by atoms with E-state index in [0.717, 1.165) is 0 Å². The Hall–Kier alpha value is -1.16. The molecule has 0 saturated carbocycles. The maximum Gasteiger partial charge on any atom is 0.356 e. The summed E-state index contributed by atoms with van der Waals surface area (Å²) >= 11 is 0. The van der Waals surface area contributed by atoms with Crippen molar-refractivity contribution in [3.05, 3.63) is 29.8 Å². The van der Waals surface area contributed by atoms with Crippen LogP contribution in [0.3, 0.4) is 0 Å². The lowest BCUT2D eigenvalue weighted by Gasteiger charge is -2.08. The van der Waals surface area contributed by atoms with Gasteiger partial charge < -0.3 is 14.9 Å². The Kier molecular flexibility index (Phi) is 3.29. The summed E-state index contributed by atoms with van der Waals surface area (Å²) < 4.78 is 10.8. The summed E-state index contributed by atoms with van der Waals surface area (Å²) in [5, 5.41) is 8.60. The van der Waals surface area contributed by atoms with Crippen molar-refractivity contribution in [2.75, 3.05) is 0 Å². The topological polar surface area (TPSA) is 94.8 Å². The number of aliphatic carboxylic acids is 1. The van der Waals surface area contributed by atoms with Crippen LogP contribution in [0.1, 0.15) is 18.4 Å². The first-order valence-corrected chi connectivity index (χ1v) is 5.82. The molecule has 82 valence electrons. The van der Waals surface area contributed by atoms with E-state index >= 15 is 0 Å². The number of hydrogen-bond donors (Lipinski definition) is 3. The molecule has 5 nitrogen and oxygen atoms in total. The van der Waals surface area contributed by atoms with Crippen LogP contribution in [0.15, 0.2) is 24.3 Å². The fourth-order valence-corrected chi connectivity index (χ4v) is 1.64. The minimum Gasteiger partial charge on any atom is -0.481 e. The second-order valence-corrected chi connectivity index (χ2v) is 4.80. The van der Waals surface area contributed by atoms with Crippen molar-refractivity contribution in [1.82, 2.24) is 0 Å². The first kappa shape index (κ1) is 11.9. The Balaban J connectivity index is 3.00. The number of carbonyl (C=O) groups is 1. The highest BCUT2D eigenvalue weighted by Gasteiger charge is 2.18. The van der Waals surface area contributed by atoms with E-state index in [1.54, 1.807) is 0 Å². The fraction of sp³-hybridized carbons (Fsp3) is 0.222. The molecule has 0 aliphatic heterocycles. The predicted molar refractivity (Wildman–Crippen MR) is 54.2 cm³/mol. The summed E-state index contributed by atoms with van der Waals surface area (Å²) in [4.78, 5) is 28.3. The van der Waals surface area contributed by atoms with Crippen LogP contribution in [-0.4, -0.2) is 20.9 Å². The van der Waals surface area contributed by atoms with Crippen LogP contribution in [-0.2, 0) is 9.36 Å². The predicted octanol–water partition coefficient (Wildman–Crippen LogP) is 0.678. The number of hydrogen-bond acceptors (Lipinski definition) is 2. The van der Waals surface area contributed by atoms with E-state index in [1.165, 1.54) is 31.2 Å². The lowest BCUT2D eigenvalue weighted by Crippen LogP contribution is -2.09. The van der Waals surface area contributed by atoms with Gasteiger partial charge in [-0.15, -0.1) is 0 Å². The van der Waals surface area contributed by atoms with Gasteiger partial charge in [-0.25, -0.2) is 0 Å². The Morgan fingerprint density at radius 3 is 2.07 bits per heavy atom. The molecule has 1 aromatic rings. The molecule has 15 heavy (non-hydrogen) atoms. The molecule has 1 atom stereocenters. The molecule has 0 spiro atoms. The van der Waals surface area contributed by atoms with Crippen LogP contribution in [0.2, 0.25) is 0 Å². The van der Waals surface area contributed by atoms with Crippen molar-refractivity contribution in [1.29, 1.82) is 0 Å². The first-order valence-electron chi connectivity index (χ1n) is 4.21. The third-order valence-electron chi connectivity index (χ3n) is 2.10. The van der Waals surface area contributed by atoms with Crippen molar-refractivity contribution >= 4 is 18.9 Å².